The Hall–Kier alpha value is -0.130. The lowest BCUT2D eigenvalue weighted by atomic mass is 9.90. The Morgan fingerprint density at radius 3 is 2.67 bits per heavy atom. The third-order valence-electron chi connectivity index (χ3n) is 2.85. The number of hydrogen-bond acceptors (Lipinski definition) is 3. The van der Waals surface area contributed by atoms with Crippen molar-refractivity contribution in [3.05, 3.63) is 0 Å². The normalized spacial score (nSPS) is 41.1. The van der Waals surface area contributed by atoms with Crippen LogP contribution in [0.15, 0.2) is 0 Å². The summed E-state index contributed by atoms with van der Waals surface area (Å²) in [5.74, 6) is 0.337. The summed E-state index contributed by atoms with van der Waals surface area (Å²) in [6.45, 7) is 2.52. The quantitative estimate of drug-likeness (QED) is 0.546. The van der Waals surface area contributed by atoms with Crippen molar-refractivity contribution in [3.63, 3.8) is 0 Å². The van der Waals surface area contributed by atoms with E-state index in [-0.39, 0.29) is 5.41 Å². The van der Waals surface area contributed by atoms with Crippen molar-refractivity contribution in [2.75, 3.05) is 32.4 Å². The fourth-order valence-corrected chi connectivity index (χ4v) is 3.97. The van der Waals surface area contributed by atoms with Crippen LogP contribution < -0.4 is 5.32 Å². The fourth-order valence-electron chi connectivity index (χ4n) is 2.17. The van der Waals surface area contributed by atoms with Crippen molar-refractivity contribution in [2.45, 2.75) is 6.42 Å². The van der Waals surface area contributed by atoms with Gasteiger partial charge in [0.2, 0.25) is 10.0 Å². The van der Waals surface area contributed by atoms with E-state index in [1.165, 1.54) is 4.31 Å². The number of nitrogens with one attached hydrogen (secondary N) is 1. The third-order valence-corrected chi connectivity index (χ3v) is 4.91. The van der Waals surface area contributed by atoms with Crippen molar-refractivity contribution >= 4 is 10.0 Å². The van der Waals surface area contributed by atoms with Gasteiger partial charge in [-0.3, -0.25) is 0 Å². The molecule has 2 aliphatic rings. The largest absolute Gasteiger partial charge is 0.316 e. The zero-order chi connectivity index (χ0) is 8.82. The van der Waals surface area contributed by atoms with E-state index in [1.54, 1.807) is 7.05 Å². The average molecular weight is 190 g/mol. The Morgan fingerprint density at radius 2 is 2.25 bits per heavy atom. The van der Waals surface area contributed by atoms with Gasteiger partial charge >= 0.3 is 0 Å². The summed E-state index contributed by atoms with van der Waals surface area (Å²) in [5.41, 5.74) is 0.0214. The Bertz CT molecular complexity index is 280. The van der Waals surface area contributed by atoms with Gasteiger partial charge in [-0.2, -0.15) is 0 Å². The van der Waals surface area contributed by atoms with E-state index in [4.69, 9.17) is 0 Å². The molecule has 0 bridgehead atoms. The number of rotatable bonds is 0. The van der Waals surface area contributed by atoms with Crippen LogP contribution in [0.1, 0.15) is 6.42 Å². The molecule has 0 radical (unpaired) electrons. The minimum Gasteiger partial charge on any atom is -0.316 e. The summed E-state index contributed by atoms with van der Waals surface area (Å²) in [4.78, 5) is 0. The van der Waals surface area contributed by atoms with Crippen molar-refractivity contribution < 1.29 is 8.42 Å². The molecule has 4 nitrogen and oxygen atoms in total. The molecule has 0 aliphatic carbocycles. The number of hydrogen-bond donors (Lipinski definition) is 1. The molecule has 1 spiro atoms. The molecule has 2 aliphatic heterocycles. The van der Waals surface area contributed by atoms with Gasteiger partial charge in [0.15, 0.2) is 0 Å². The smallest absolute Gasteiger partial charge is 0.214 e. The summed E-state index contributed by atoms with van der Waals surface area (Å²) in [6, 6.07) is 0. The predicted molar refractivity (Wildman–Crippen MR) is 46.3 cm³/mol. The first-order valence-electron chi connectivity index (χ1n) is 4.19. The molecule has 0 aromatic heterocycles. The van der Waals surface area contributed by atoms with Gasteiger partial charge in [0.25, 0.3) is 0 Å². The van der Waals surface area contributed by atoms with Crippen LogP contribution in [-0.4, -0.2) is 45.2 Å². The maximum absolute atomic E-state index is 11.4. The molecular weight excluding hydrogens is 176 g/mol. The summed E-state index contributed by atoms with van der Waals surface area (Å²) >= 11 is 0. The van der Waals surface area contributed by atoms with Gasteiger partial charge in [0.05, 0.1) is 5.75 Å². The molecule has 0 aromatic rings. The Labute approximate surface area is 73.0 Å². The van der Waals surface area contributed by atoms with E-state index in [2.05, 4.69) is 5.32 Å². The van der Waals surface area contributed by atoms with Gasteiger partial charge in [0.1, 0.15) is 0 Å². The fraction of sp³-hybridized carbons (Fsp3) is 1.00. The lowest BCUT2D eigenvalue weighted by Crippen LogP contribution is -2.29. The molecule has 1 N–H and O–H groups in total. The molecule has 2 heterocycles. The third kappa shape index (κ3) is 1.16. The van der Waals surface area contributed by atoms with E-state index in [0.717, 1.165) is 19.5 Å². The number of sulfonamides is 1. The highest BCUT2D eigenvalue weighted by atomic mass is 32.2. The molecule has 2 saturated heterocycles. The second-order valence-corrected chi connectivity index (χ2v) is 6.01. The highest BCUT2D eigenvalue weighted by molar-refractivity contribution is 7.89. The lowest BCUT2D eigenvalue weighted by Gasteiger charge is -2.18. The highest BCUT2D eigenvalue weighted by Crippen LogP contribution is 2.35. The second kappa shape index (κ2) is 2.43. The Balaban J connectivity index is 2.25. The van der Waals surface area contributed by atoms with E-state index in [1.807, 2.05) is 0 Å². The summed E-state index contributed by atoms with van der Waals surface area (Å²) in [6.07, 6.45) is 0.997. The van der Waals surface area contributed by atoms with Crippen LogP contribution in [0.25, 0.3) is 0 Å². The van der Waals surface area contributed by atoms with Crippen LogP contribution in [0.3, 0.4) is 0 Å². The maximum atomic E-state index is 11.4. The SMILES string of the molecule is CN1CC2(CCNC2)CS1(=O)=O. The topological polar surface area (TPSA) is 49.4 Å². The summed E-state index contributed by atoms with van der Waals surface area (Å²) in [7, 11) is -1.25. The zero-order valence-corrected chi connectivity index (χ0v) is 8.02. The van der Waals surface area contributed by atoms with Crippen molar-refractivity contribution in [2.24, 2.45) is 5.41 Å². The lowest BCUT2D eigenvalue weighted by molar-refractivity contribution is 0.331. The maximum Gasteiger partial charge on any atom is 0.214 e. The molecular formula is C7H14N2O2S. The van der Waals surface area contributed by atoms with E-state index < -0.39 is 10.0 Å². The van der Waals surface area contributed by atoms with Crippen LogP contribution in [-0.2, 0) is 10.0 Å². The van der Waals surface area contributed by atoms with E-state index >= 15 is 0 Å². The van der Waals surface area contributed by atoms with Crippen LogP contribution in [0.2, 0.25) is 0 Å². The van der Waals surface area contributed by atoms with Crippen LogP contribution >= 0.6 is 0 Å². The van der Waals surface area contributed by atoms with Gasteiger partial charge in [-0.05, 0) is 13.0 Å². The Morgan fingerprint density at radius 1 is 1.50 bits per heavy atom. The van der Waals surface area contributed by atoms with Gasteiger partial charge < -0.3 is 5.32 Å². The van der Waals surface area contributed by atoms with Crippen LogP contribution in [0, 0.1) is 5.41 Å². The van der Waals surface area contributed by atoms with E-state index in [9.17, 15) is 8.42 Å². The zero-order valence-electron chi connectivity index (χ0n) is 7.21. The summed E-state index contributed by atoms with van der Waals surface area (Å²) in [5, 5.41) is 3.22. The molecule has 70 valence electrons. The number of nitrogens with zero attached hydrogens (tertiary/aromatic N) is 1. The van der Waals surface area contributed by atoms with Crippen molar-refractivity contribution in [1.29, 1.82) is 0 Å². The first-order chi connectivity index (χ1) is 5.54. The van der Waals surface area contributed by atoms with Crippen LogP contribution in [0.4, 0.5) is 0 Å². The van der Waals surface area contributed by atoms with Gasteiger partial charge in [-0.15, -0.1) is 0 Å². The molecule has 1 unspecified atom stereocenters. The molecule has 2 rings (SSSR count). The predicted octanol–water partition coefficient (Wildman–Crippen LogP) is -0.759. The first kappa shape index (κ1) is 8.47. The minimum atomic E-state index is -2.92. The minimum absolute atomic E-state index is 0.0214. The standard InChI is InChI=1S/C7H14N2O2S/c1-9-5-7(2-3-8-4-7)6-12(9,10)11/h8H,2-6H2,1H3. The molecule has 0 saturated carbocycles. The first-order valence-corrected chi connectivity index (χ1v) is 5.80. The molecule has 0 amide bonds. The molecule has 1 atom stereocenters. The summed E-state index contributed by atoms with van der Waals surface area (Å²) < 4.78 is 24.3. The molecule has 5 heteroatoms. The van der Waals surface area contributed by atoms with Gasteiger partial charge in [-0.1, -0.05) is 0 Å². The monoisotopic (exact) mass is 190 g/mol. The highest BCUT2D eigenvalue weighted by Gasteiger charge is 2.47. The Kier molecular flexibility index (Phi) is 1.72. The van der Waals surface area contributed by atoms with Gasteiger partial charge in [0, 0.05) is 25.6 Å². The second-order valence-electron chi connectivity index (χ2n) is 3.94. The molecule has 2 fully saturated rings. The van der Waals surface area contributed by atoms with Crippen molar-refractivity contribution in [1.82, 2.24) is 9.62 Å². The van der Waals surface area contributed by atoms with Crippen molar-refractivity contribution in [3.8, 4) is 0 Å². The van der Waals surface area contributed by atoms with E-state index in [0.29, 0.717) is 12.3 Å². The van der Waals surface area contributed by atoms with Gasteiger partial charge in [-0.25, -0.2) is 12.7 Å². The molecule has 12 heavy (non-hydrogen) atoms. The molecule has 0 aromatic carbocycles. The van der Waals surface area contributed by atoms with Crippen LogP contribution in [0.5, 0.6) is 0 Å². The average Bonchev–Trinajstić information content (AvgIpc) is 2.42.